The van der Waals surface area contributed by atoms with Gasteiger partial charge in [-0.05, 0) is 59.9 Å². The van der Waals surface area contributed by atoms with Crippen LogP contribution in [0.25, 0.3) is 0 Å². The molecule has 1 amide bonds. The van der Waals surface area contributed by atoms with Crippen molar-refractivity contribution in [3.8, 4) is 0 Å². The molecule has 2 atom stereocenters. The number of hydrogen-bond donors (Lipinski definition) is 3. The van der Waals surface area contributed by atoms with Crippen molar-refractivity contribution in [2.24, 2.45) is 5.73 Å². The minimum Gasteiger partial charge on any atom is -0.491 e. The summed E-state index contributed by atoms with van der Waals surface area (Å²) in [5.74, 6) is 0.580. The maximum atomic E-state index is 12.5. The Balaban J connectivity index is 1.78. The molecule has 2 aromatic rings. The number of benzene rings is 2. The molecule has 1 aliphatic rings. The quantitative estimate of drug-likeness (QED) is 0.380. The molecular weight excluding hydrogens is 466 g/mol. The number of ether oxygens (including phenoxy) is 3. The number of carbonyl (C=O) groups excluding carboxylic acids is 1. The standard InChI is InChI=1S/C30H37N3O4/c1-21-13-14-25(36-18-17-35-4)15-16-32-19-27(21)29(23(3)31)26-11-8-12-28(22(26)2)33-30(34)37-20-24-9-6-5-7-10-24/h5-15,19,23,29,32H,1,16-18,20,31H2,2-4H3,(H,33,34)/b14-13-,25-15+,27-19?. The summed E-state index contributed by atoms with van der Waals surface area (Å²) in [5, 5.41) is 6.22. The topological polar surface area (TPSA) is 94.8 Å². The maximum absolute atomic E-state index is 12.5. The fraction of sp³-hybridized carbons (Fsp3) is 0.300. The number of methoxy groups -OCH3 is 1. The van der Waals surface area contributed by atoms with Crippen LogP contribution < -0.4 is 16.4 Å². The average Bonchev–Trinajstić information content (AvgIpc) is 2.97. The van der Waals surface area contributed by atoms with E-state index in [-0.39, 0.29) is 18.6 Å². The van der Waals surface area contributed by atoms with Crippen molar-refractivity contribution < 1.29 is 19.0 Å². The third-order valence-corrected chi connectivity index (χ3v) is 6.08. The zero-order valence-electron chi connectivity index (χ0n) is 21.8. The van der Waals surface area contributed by atoms with Crippen molar-refractivity contribution in [2.45, 2.75) is 32.4 Å². The smallest absolute Gasteiger partial charge is 0.411 e. The molecule has 7 heteroatoms. The van der Waals surface area contributed by atoms with Gasteiger partial charge in [-0.25, -0.2) is 4.79 Å². The van der Waals surface area contributed by atoms with Gasteiger partial charge < -0.3 is 25.3 Å². The van der Waals surface area contributed by atoms with Crippen LogP contribution in [0.2, 0.25) is 0 Å². The fourth-order valence-corrected chi connectivity index (χ4v) is 4.14. The van der Waals surface area contributed by atoms with Gasteiger partial charge in [-0.1, -0.05) is 55.1 Å². The van der Waals surface area contributed by atoms with Crippen LogP contribution in [0.15, 0.2) is 96.4 Å². The second-order valence-corrected chi connectivity index (χ2v) is 8.86. The van der Waals surface area contributed by atoms with Crippen LogP contribution in [0.3, 0.4) is 0 Å². The summed E-state index contributed by atoms with van der Waals surface area (Å²) < 4.78 is 16.3. The SMILES string of the molecule is C=C1/C=C\C(OCCOC)=C/CNC=C1C(c1cccc(NC(=O)OCc2ccccc2)c1C)C(C)N. The maximum Gasteiger partial charge on any atom is 0.411 e. The minimum atomic E-state index is -0.510. The van der Waals surface area contributed by atoms with Crippen molar-refractivity contribution in [3.05, 3.63) is 113 Å². The Labute approximate surface area is 219 Å². The molecule has 4 N–H and O–H groups in total. The number of rotatable bonds is 10. The highest BCUT2D eigenvalue weighted by molar-refractivity contribution is 5.86. The van der Waals surface area contributed by atoms with Crippen molar-refractivity contribution in [3.63, 3.8) is 0 Å². The van der Waals surface area contributed by atoms with Gasteiger partial charge >= 0.3 is 6.09 Å². The highest BCUT2D eigenvalue weighted by atomic mass is 16.5. The molecule has 0 aromatic heterocycles. The van der Waals surface area contributed by atoms with E-state index in [1.165, 1.54) is 0 Å². The monoisotopic (exact) mass is 503 g/mol. The van der Waals surface area contributed by atoms with Gasteiger partial charge in [-0.2, -0.15) is 0 Å². The largest absolute Gasteiger partial charge is 0.491 e. The second kappa shape index (κ2) is 14.1. The zero-order chi connectivity index (χ0) is 26.6. The van der Waals surface area contributed by atoms with E-state index in [0.29, 0.717) is 25.4 Å². The van der Waals surface area contributed by atoms with E-state index >= 15 is 0 Å². The van der Waals surface area contributed by atoms with Gasteiger partial charge in [0.05, 0.1) is 6.61 Å². The molecule has 0 saturated carbocycles. The third kappa shape index (κ3) is 8.10. The summed E-state index contributed by atoms with van der Waals surface area (Å²) in [7, 11) is 1.64. The number of anilines is 1. The summed E-state index contributed by atoms with van der Waals surface area (Å²) >= 11 is 0. The van der Waals surface area contributed by atoms with E-state index in [0.717, 1.165) is 33.6 Å². The van der Waals surface area contributed by atoms with Crippen molar-refractivity contribution in [2.75, 3.05) is 32.2 Å². The Kier molecular flexibility index (Phi) is 10.6. The third-order valence-electron chi connectivity index (χ3n) is 6.08. The molecule has 1 aliphatic heterocycles. The first-order valence-electron chi connectivity index (χ1n) is 12.4. The number of hydrogen-bond acceptors (Lipinski definition) is 6. The molecule has 3 rings (SSSR count). The van der Waals surface area contributed by atoms with Gasteiger partial charge in [-0.3, -0.25) is 5.32 Å². The summed E-state index contributed by atoms with van der Waals surface area (Å²) in [6, 6.07) is 15.2. The number of carbonyl (C=O) groups is 1. The molecule has 196 valence electrons. The molecule has 2 aromatic carbocycles. The summed E-state index contributed by atoms with van der Waals surface area (Å²) in [6.07, 6.45) is 7.26. The van der Waals surface area contributed by atoms with Crippen molar-refractivity contribution in [1.29, 1.82) is 0 Å². The fourth-order valence-electron chi connectivity index (χ4n) is 4.14. The Bertz CT molecular complexity index is 1150. The lowest BCUT2D eigenvalue weighted by atomic mass is 9.80. The highest BCUT2D eigenvalue weighted by Gasteiger charge is 2.25. The normalized spacial score (nSPS) is 17.5. The van der Waals surface area contributed by atoms with Crippen LogP contribution in [0.5, 0.6) is 0 Å². The first-order chi connectivity index (χ1) is 17.9. The molecule has 0 radical (unpaired) electrons. The lowest BCUT2D eigenvalue weighted by Crippen LogP contribution is -2.28. The van der Waals surface area contributed by atoms with E-state index in [9.17, 15) is 4.79 Å². The molecule has 0 bridgehead atoms. The number of nitrogens with one attached hydrogen (secondary N) is 2. The second-order valence-electron chi connectivity index (χ2n) is 8.86. The summed E-state index contributed by atoms with van der Waals surface area (Å²) in [4.78, 5) is 12.5. The molecule has 0 aliphatic carbocycles. The first-order valence-corrected chi connectivity index (χ1v) is 12.4. The van der Waals surface area contributed by atoms with Crippen LogP contribution in [-0.4, -0.2) is 39.0 Å². The van der Waals surface area contributed by atoms with Crippen LogP contribution in [-0.2, 0) is 20.8 Å². The van der Waals surface area contributed by atoms with E-state index in [4.69, 9.17) is 19.9 Å². The van der Waals surface area contributed by atoms with Gasteiger partial charge in [0.2, 0.25) is 0 Å². The van der Waals surface area contributed by atoms with Gasteiger partial charge in [0, 0.05) is 37.5 Å². The Morgan fingerprint density at radius 3 is 2.65 bits per heavy atom. The Morgan fingerprint density at radius 1 is 1.14 bits per heavy atom. The molecule has 0 fully saturated rings. The summed E-state index contributed by atoms with van der Waals surface area (Å²) in [6.45, 7) is 10.0. The van der Waals surface area contributed by atoms with Gasteiger partial charge in [0.25, 0.3) is 0 Å². The zero-order valence-corrected chi connectivity index (χ0v) is 21.8. The predicted octanol–water partition coefficient (Wildman–Crippen LogP) is 5.32. The number of allylic oxidation sites excluding steroid dienone is 3. The lowest BCUT2D eigenvalue weighted by Gasteiger charge is -2.27. The Morgan fingerprint density at radius 2 is 1.92 bits per heavy atom. The van der Waals surface area contributed by atoms with E-state index in [1.54, 1.807) is 7.11 Å². The number of amides is 1. The van der Waals surface area contributed by atoms with Crippen LogP contribution in [0.1, 0.15) is 29.5 Å². The average molecular weight is 504 g/mol. The van der Waals surface area contributed by atoms with Crippen LogP contribution >= 0.6 is 0 Å². The molecule has 0 spiro atoms. The predicted molar refractivity (Wildman–Crippen MR) is 148 cm³/mol. The minimum absolute atomic E-state index is 0.164. The van der Waals surface area contributed by atoms with Gasteiger partial charge in [-0.15, -0.1) is 0 Å². The molecule has 7 nitrogen and oxygen atoms in total. The molecule has 0 saturated heterocycles. The lowest BCUT2D eigenvalue weighted by molar-refractivity contribution is 0.114. The van der Waals surface area contributed by atoms with Crippen molar-refractivity contribution in [1.82, 2.24) is 5.32 Å². The Hall–Kier alpha value is -3.81. The van der Waals surface area contributed by atoms with Crippen LogP contribution in [0, 0.1) is 6.92 Å². The van der Waals surface area contributed by atoms with Crippen LogP contribution in [0.4, 0.5) is 10.5 Å². The van der Waals surface area contributed by atoms with Gasteiger partial charge in [0.1, 0.15) is 19.0 Å². The number of nitrogens with two attached hydrogens (primary N) is 1. The molecule has 37 heavy (non-hydrogen) atoms. The molecule has 2 unspecified atom stereocenters. The summed E-state index contributed by atoms with van der Waals surface area (Å²) in [5.41, 5.74) is 11.8. The van der Waals surface area contributed by atoms with E-state index in [2.05, 4.69) is 17.2 Å². The van der Waals surface area contributed by atoms with E-state index in [1.807, 2.05) is 86.8 Å². The van der Waals surface area contributed by atoms with E-state index < -0.39 is 6.09 Å². The molecule has 1 heterocycles. The first kappa shape index (κ1) is 27.8. The highest BCUT2D eigenvalue weighted by Crippen LogP contribution is 2.36. The van der Waals surface area contributed by atoms with Crippen molar-refractivity contribution >= 4 is 11.8 Å². The molecular formula is C30H37N3O4. The van der Waals surface area contributed by atoms with Gasteiger partial charge in [0.15, 0.2) is 0 Å².